The third-order valence-electron chi connectivity index (χ3n) is 5.14. The number of hydrogen-bond donors (Lipinski definition) is 2. The number of benzene rings is 1. The molecule has 1 aliphatic rings. The lowest BCUT2D eigenvalue weighted by atomic mass is 9.81. The number of nitrogens with one attached hydrogen (secondary N) is 2. The van der Waals surface area contributed by atoms with Gasteiger partial charge in [-0.05, 0) is 55.5 Å². The number of amides is 1. The standard InChI is InChI=1S/C20H27ClN4O.ClH/c1-14(2)18-17(12-24-25(18)16-6-4-5-15(21)11-16)19(26)23-13-20(3)7-9-22-10-8-20;/h4-6,11-12,14,22H,7-10,13H2,1-3H3,(H,23,26);1H. The molecular weight excluding hydrogens is 383 g/mol. The third kappa shape index (κ3) is 5.03. The summed E-state index contributed by atoms with van der Waals surface area (Å²) in [7, 11) is 0. The summed E-state index contributed by atoms with van der Waals surface area (Å²) in [4.78, 5) is 12.9. The van der Waals surface area contributed by atoms with Gasteiger partial charge in [-0.2, -0.15) is 5.10 Å². The number of carbonyl (C=O) groups excluding carboxylic acids is 1. The van der Waals surface area contributed by atoms with E-state index in [2.05, 4.69) is 36.5 Å². The second-order valence-corrected chi connectivity index (χ2v) is 8.17. The van der Waals surface area contributed by atoms with Gasteiger partial charge in [0.15, 0.2) is 0 Å². The van der Waals surface area contributed by atoms with Crippen LogP contribution in [0.2, 0.25) is 5.02 Å². The summed E-state index contributed by atoms with van der Waals surface area (Å²) in [5, 5.41) is 11.6. The van der Waals surface area contributed by atoms with E-state index >= 15 is 0 Å². The Labute approximate surface area is 172 Å². The van der Waals surface area contributed by atoms with Crippen molar-refractivity contribution < 1.29 is 4.79 Å². The molecule has 2 N–H and O–H groups in total. The Kier molecular flexibility index (Phi) is 7.32. The highest BCUT2D eigenvalue weighted by atomic mass is 35.5. The molecule has 0 aliphatic carbocycles. The van der Waals surface area contributed by atoms with Crippen molar-refractivity contribution in [2.75, 3.05) is 19.6 Å². The number of carbonyl (C=O) groups is 1. The van der Waals surface area contributed by atoms with Crippen LogP contribution >= 0.6 is 24.0 Å². The van der Waals surface area contributed by atoms with E-state index in [1.807, 2.05) is 28.9 Å². The number of hydrogen-bond acceptors (Lipinski definition) is 3. The van der Waals surface area contributed by atoms with Crippen LogP contribution in [-0.2, 0) is 0 Å². The summed E-state index contributed by atoms with van der Waals surface area (Å²) in [6, 6.07) is 7.53. The van der Waals surface area contributed by atoms with E-state index < -0.39 is 0 Å². The molecule has 1 aromatic heterocycles. The Hall–Kier alpha value is -1.56. The number of nitrogens with zero attached hydrogens (tertiary/aromatic N) is 2. The Morgan fingerprint density at radius 1 is 1.37 bits per heavy atom. The van der Waals surface area contributed by atoms with Crippen molar-refractivity contribution in [2.45, 2.75) is 39.5 Å². The first kappa shape index (κ1) is 21.7. The Bertz CT molecular complexity index is 782. The second kappa shape index (κ2) is 9.09. The topological polar surface area (TPSA) is 59.0 Å². The van der Waals surface area contributed by atoms with Crippen LogP contribution in [0.4, 0.5) is 0 Å². The van der Waals surface area contributed by atoms with Gasteiger partial charge in [0.1, 0.15) is 0 Å². The molecule has 1 aliphatic heterocycles. The normalized spacial score (nSPS) is 16.0. The predicted octanol–water partition coefficient (Wildman–Crippen LogP) is 4.19. The van der Waals surface area contributed by atoms with Crippen LogP contribution in [0.15, 0.2) is 30.5 Å². The Morgan fingerprint density at radius 2 is 2.07 bits per heavy atom. The first-order chi connectivity index (χ1) is 12.4. The van der Waals surface area contributed by atoms with Gasteiger partial charge in [-0.15, -0.1) is 12.4 Å². The molecule has 0 unspecified atom stereocenters. The number of aromatic nitrogens is 2. The zero-order chi connectivity index (χ0) is 18.7. The number of piperidine rings is 1. The molecular formula is C20H28Cl2N4O. The number of halogens is 2. The average molecular weight is 411 g/mol. The van der Waals surface area contributed by atoms with Gasteiger partial charge in [0, 0.05) is 11.6 Å². The first-order valence-electron chi connectivity index (χ1n) is 9.22. The van der Waals surface area contributed by atoms with E-state index in [-0.39, 0.29) is 29.6 Å². The van der Waals surface area contributed by atoms with Crippen LogP contribution < -0.4 is 10.6 Å². The molecule has 1 amide bonds. The van der Waals surface area contributed by atoms with Crippen LogP contribution in [0, 0.1) is 5.41 Å². The molecule has 7 heteroatoms. The lowest BCUT2D eigenvalue weighted by Gasteiger charge is -2.34. The predicted molar refractivity (Wildman–Crippen MR) is 112 cm³/mol. The summed E-state index contributed by atoms with van der Waals surface area (Å²) in [5.41, 5.74) is 2.56. The summed E-state index contributed by atoms with van der Waals surface area (Å²) >= 11 is 6.12. The van der Waals surface area contributed by atoms with Gasteiger partial charge in [0.05, 0.1) is 23.1 Å². The molecule has 27 heavy (non-hydrogen) atoms. The molecule has 1 saturated heterocycles. The highest BCUT2D eigenvalue weighted by molar-refractivity contribution is 6.30. The van der Waals surface area contributed by atoms with E-state index in [0.717, 1.165) is 37.3 Å². The van der Waals surface area contributed by atoms with Crippen LogP contribution in [0.25, 0.3) is 5.69 Å². The van der Waals surface area contributed by atoms with E-state index in [1.165, 1.54) is 0 Å². The zero-order valence-corrected chi connectivity index (χ0v) is 17.7. The van der Waals surface area contributed by atoms with Crippen molar-refractivity contribution in [3.63, 3.8) is 0 Å². The SMILES string of the molecule is CC(C)c1c(C(=O)NCC2(C)CCNCC2)cnn1-c1cccc(Cl)c1.Cl. The molecule has 148 valence electrons. The maximum Gasteiger partial charge on any atom is 0.254 e. The molecule has 0 radical (unpaired) electrons. The van der Waals surface area contributed by atoms with Gasteiger partial charge in [-0.3, -0.25) is 4.79 Å². The van der Waals surface area contributed by atoms with E-state index in [1.54, 1.807) is 6.20 Å². The van der Waals surface area contributed by atoms with Crippen LogP contribution in [0.1, 0.15) is 55.6 Å². The van der Waals surface area contributed by atoms with Crippen LogP contribution in [0.5, 0.6) is 0 Å². The fourth-order valence-electron chi connectivity index (χ4n) is 3.50. The van der Waals surface area contributed by atoms with Gasteiger partial charge >= 0.3 is 0 Å². The Morgan fingerprint density at radius 3 is 2.70 bits per heavy atom. The molecule has 3 rings (SSSR count). The van der Waals surface area contributed by atoms with Crippen LogP contribution in [-0.4, -0.2) is 35.3 Å². The van der Waals surface area contributed by atoms with Gasteiger partial charge in [-0.1, -0.05) is 38.4 Å². The summed E-state index contributed by atoms with van der Waals surface area (Å²) < 4.78 is 1.82. The van der Waals surface area contributed by atoms with Crippen molar-refractivity contribution >= 4 is 29.9 Å². The summed E-state index contributed by atoms with van der Waals surface area (Å²) in [6.45, 7) is 9.10. The zero-order valence-electron chi connectivity index (χ0n) is 16.1. The minimum Gasteiger partial charge on any atom is -0.351 e. The van der Waals surface area contributed by atoms with Crippen LogP contribution in [0.3, 0.4) is 0 Å². The number of rotatable bonds is 5. The van der Waals surface area contributed by atoms with Gasteiger partial charge < -0.3 is 10.6 Å². The molecule has 5 nitrogen and oxygen atoms in total. The van der Waals surface area contributed by atoms with E-state index in [9.17, 15) is 4.79 Å². The molecule has 0 spiro atoms. The highest BCUT2D eigenvalue weighted by Gasteiger charge is 2.28. The molecule has 0 saturated carbocycles. The molecule has 2 heterocycles. The molecule has 0 bridgehead atoms. The summed E-state index contributed by atoms with van der Waals surface area (Å²) in [6.07, 6.45) is 3.81. The fraction of sp³-hybridized carbons (Fsp3) is 0.500. The third-order valence-corrected chi connectivity index (χ3v) is 5.37. The average Bonchev–Trinajstić information content (AvgIpc) is 3.06. The maximum atomic E-state index is 12.9. The van der Waals surface area contributed by atoms with Crippen molar-refractivity contribution in [1.82, 2.24) is 20.4 Å². The monoisotopic (exact) mass is 410 g/mol. The first-order valence-corrected chi connectivity index (χ1v) is 9.60. The minimum atomic E-state index is -0.0539. The smallest absolute Gasteiger partial charge is 0.254 e. The van der Waals surface area contributed by atoms with Crippen molar-refractivity contribution in [1.29, 1.82) is 0 Å². The van der Waals surface area contributed by atoms with Crippen molar-refractivity contribution in [2.24, 2.45) is 5.41 Å². The van der Waals surface area contributed by atoms with Gasteiger partial charge in [-0.25, -0.2) is 4.68 Å². The molecule has 0 atom stereocenters. The molecule has 1 aromatic carbocycles. The lowest BCUT2D eigenvalue weighted by Crippen LogP contribution is -2.43. The van der Waals surface area contributed by atoms with Crippen molar-refractivity contribution in [3.05, 3.63) is 46.7 Å². The molecule has 1 fully saturated rings. The van der Waals surface area contributed by atoms with E-state index in [4.69, 9.17) is 11.6 Å². The van der Waals surface area contributed by atoms with E-state index in [0.29, 0.717) is 17.1 Å². The van der Waals surface area contributed by atoms with Crippen molar-refractivity contribution in [3.8, 4) is 5.69 Å². The van der Waals surface area contributed by atoms with Gasteiger partial charge in [0.2, 0.25) is 0 Å². The van der Waals surface area contributed by atoms with Gasteiger partial charge in [0.25, 0.3) is 5.91 Å². The quantitative estimate of drug-likeness (QED) is 0.776. The molecule has 2 aromatic rings. The maximum absolute atomic E-state index is 12.9. The highest BCUT2D eigenvalue weighted by Crippen LogP contribution is 2.28. The lowest BCUT2D eigenvalue weighted by molar-refractivity contribution is 0.0921. The minimum absolute atomic E-state index is 0. The largest absolute Gasteiger partial charge is 0.351 e. The second-order valence-electron chi connectivity index (χ2n) is 7.73. The fourth-order valence-corrected chi connectivity index (χ4v) is 3.68. The Balaban J connectivity index is 0.00000261. The summed E-state index contributed by atoms with van der Waals surface area (Å²) in [5.74, 6) is 0.105.